The van der Waals surface area contributed by atoms with Crippen LogP contribution in [0.15, 0.2) is 12.2 Å². The van der Waals surface area contributed by atoms with Crippen LogP contribution < -0.4 is 0 Å². The minimum Gasteiger partial charge on any atom is -0.458 e. The lowest BCUT2D eigenvalue weighted by atomic mass is 9.63. The van der Waals surface area contributed by atoms with Crippen molar-refractivity contribution in [1.29, 1.82) is 0 Å². The molecular weight excluding hydrogens is 220 g/mol. The van der Waals surface area contributed by atoms with Crippen LogP contribution in [0.4, 0.5) is 0 Å². The second kappa shape index (κ2) is 3.59. The highest BCUT2D eigenvalue weighted by molar-refractivity contribution is 5.87. The van der Waals surface area contributed by atoms with E-state index in [1.807, 2.05) is 0 Å². The van der Waals surface area contributed by atoms with Gasteiger partial charge in [-0.3, -0.25) is 4.79 Å². The molecule has 0 spiro atoms. The molecule has 4 rings (SSSR count). The molecule has 1 aliphatic heterocycles. The Balaban J connectivity index is 1.80. The van der Waals surface area contributed by atoms with Crippen molar-refractivity contribution in [3.8, 4) is 0 Å². The molecule has 17 heavy (non-hydrogen) atoms. The van der Waals surface area contributed by atoms with Crippen LogP contribution in [-0.2, 0) is 19.1 Å². The van der Waals surface area contributed by atoms with Gasteiger partial charge < -0.3 is 9.47 Å². The average molecular weight is 236 g/mol. The number of hydrogen-bond acceptors (Lipinski definition) is 4. The van der Waals surface area contributed by atoms with E-state index in [1.54, 1.807) is 6.92 Å². The maximum Gasteiger partial charge on any atom is 0.333 e. The molecule has 4 bridgehead atoms. The first-order valence-electron chi connectivity index (χ1n) is 6.15. The van der Waals surface area contributed by atoms with Crippen LogP contribution in [0.5, 0.6) is 0 Å². The second-order valence-corrected chi connectivity index (χ2v) is 5.40. The summed E-state index contributed by atoms with van der Waals surface area (Å²) in [5, 5.41) is 0. The van der Waals surface area contributed by atoms with E-state index >= 15 is 0 Å². The SMILES string of the molecule is C=C(C)C(=O)O[C@@H]1C2CCC3C(C2)C(=O)OC31. The Morgan fingerprint density at radius 3 is 2.94 bits per heavy atom. The topological polar surface area (TPSA) is 52.6 Å². The fourth-order valence-electron chi connectivity index (χ4n) is 3.46. The summed E-state index contributed by atoms with van der Waals surface area (Å²) in [5.41, 5.74) is 0.396. The van der Waals surface area contributed by atoms with Gasteiger partial charge in [0.05, 0.1) is 5.92 Å². The zero-order valence-corrected chi connectivity index (χ0v) is 9.85. The van der Waals surface area contributed by atoms with Gasteiger partial charge in [-0.1, -0.05) is 6.58 Å². The molecule has 0 aromatic carbocycles. The minimum atomic E-state index is -0.373. The highest BCUT2D eigenvalue weighted by atomic mass is 16.6. The number of rotatable bonds is 2. The molecule has 4 aliphatic rings. The third-order valence-corrected chi connectivity index (χ3v) is 4.30. The van der Waals surface area contributed by atoms with E-state index < -0.39 is 0 Å². The molecule has 0 aromatic rings. The summed E-state index contributed by atoms with van der Waals surface area (Å²) < 4.78 is 10.8. The van der Waals surface area contributed by atoms with Crippen molar-refractivity contribution >= 4 is 11.9 Å². The van der Waals surface area contributed by atoms with Crippen LogP contribution in [0.25, 0.3) is 0 Å². The molecule has 1 saturated heterocycles. The lowest BCUT2D eigenvalue weighted by Gasteiger charge is -2.43. The number of ether oxygens (including phenoxy) is 2. The van der Waals surface area contributed by atoms with Crippen LogP contribution in [-0.4, -0.2) is 24.1 Å². The van der Waals surface area contributed by atoms with Crippen molar-refractivity contribution in [3.63, 3.8) is 0 Å². The first kappa shape index (κ1) is 10.8. The minimum absolute atomic E-state index is 0.0542. The van der Waals surface area contributed by atoms with E-state index in [2.05, 4.69) is 6.58 Å². The molecule has 4 unspecified atom stereocenters. The molecule has 0 aromatic heterocycles. The summed E-state index contributed by atoms with van der Waals surface area (Å²) in [5.74, 6) is 0.124. The number of carbonyl (C=O) groups is 2. The van der Waals surface area contributed by atoms with E-state index in [1.165, 1.54) is 0 Å². The Kier molecular flexibility index (Phi) is 2.28. The number of hydrogen-bond donors (Lipinski definition) is 0. The van der Waals surface area contributed by atoms with Gasteiger partial charge in [0.25, 0.3) is 0 Å². The van der Waals surface area contributed by atoms with Crippen molar-refractivity contribution in [1.82, 2.24) is 0 Å². The zero-order valence-electron chi connectivity index (χ0n) is 9.85. The summed E-state index contributed by atoms with van der Waals surface area (Å²) in [6.07, 6.45) is 2.41. The van der Waals surface area contributed by atoms with Gasteiger partial charge >= 0.3 is 11.9 Å². The fraction of sp³-hybridized carbons (Fsp3) is 0.692. The lowest BCUT2D eigenvalue weighted by Crippen LogP contribution is -2.50. The maximum absolute atomic E-state index is 11.6. The third-order valence-electron chi connectivity index (χ3n) is 4.30. The first-order valence-corrected chi connectivity index (χ1v) is 6.15. The molecule has 3 saturated carbocycles. The smallest absolute Gasteiger partial charge is 0.333 e. The summed E-state index contributed by atoms with van der Waals surface area (Å²) in [4.78, 5) is 23.2. The summed E-state index contributed by atoms with van der Waals surface area (Å²) >= 11 is 0. The molecule has 5 atom stereocenters. The van der Waals surface area contributed by atoms with Gasteiger partial charge in [0, 0.05) is 17.4 Å². The Morgan fingerprint density at radius 1 is 1.47 bits per heavy atom. The average Bonchev–Trinajstić information content (AvgIpc) is 2.57. The van der Waals surface area contributed by atoms with Gasteiger partial charge in [-0.25, -0.2) is 4.79 Å². The zero-order chi connectivity index (χ0) is 12.2. The van der Waals surface area contributed by atoms with E-state index in [0.29, 0.717) is 5.57 Å². The Morgan fingerprint density at radius 2 is 2.24 bits per heavy atom. The number of esters is 2. The predicted octanol–water partition coefficient (Wildman–Crippen LogP) is 1.45. The van der Waals surface area contributed by atoms with Gasteiger partial charge in [0.2, 0.25) is 0 Å². The quantitative estimate of drug-likeness (QED) is 0.538. The molecule has 0 amide bonds. The van der Waals surface area contributed by atoms with E-state index in [-0.39, 0.29) is 41.9 Å². The molecule has 1 heterocycles. The maximum atomic E-state index is 11.6. The molecule has 4 fully saturated rings. The molecule has 0 N–H and O–H groups in total. The highest BCUT2D eigenvalue weighted by Gasteiger charge is 2.59. The fourth-order valence-corrected chi connectivity index (χ4v) is 3.46. The van der Waals surface area contributed by atoms with E-state index in [0.717, 1.165) is 19.3 Å². The molecular formula is C13H16O4. The standard InChI is InChI=1S/C13H16O4/c1-6(2)12(14)16-10-7-3-4-8-9(5-7)13(15)17-11(8)10/h7-11H,1,3-5H2,2H3/t7?,8?,9?,10-,11?/m1/s1. The van der Waals surface area contributed by atoms with Crippen LogP contribution >= 0.6 is 0 Å². The first-order chi connectivity index (χ1) is 8.08. The van der Waals surface area contributed by atoms with E-state index in [4.69, 9.17) is 9.47 Å². The van der Waals surface area contributed by atoms with E-state index in [9.17, 15) is 9.59 Å². The Labute approximate surface area is 100.0 Å². The van der Waals surface area contributed by atoms with Crippen LogP contribution in [0.3, 0.4) is 0 Å². The van der Waals surface area contributed by atoms with Gasteiger partial charge in [-0.2, -0.15) is 0 Å². The largest absolute Gasteiger partial charge is 0.458 e. The monoisotopic (exact) mass is 236 g/mol. The van der Waals surface area contributed by atoms with Crippen molar-refractivity contribution in [2.45, 2.75) is 38.4 Å². The van der Waals surface area contributed by atoms with Gasteiger partial charge in [0.15, 0.2) is 0 Å². The summed E-state index contributed by atoms with van der Waals surface area (Å²) in [6, 6.07) is 0. The highest BCUT2D eigenvalue weighted by Crippen LogP contribution is 2.52. The number of fused-ring (bicyclic) bond motifs is 1. The second-order valence-electron chi connectivity index (χ2n) is 5.40. The summed E-state index contributed by atoms with van der Waals surface area (Å²) in [6.45, 7) is 5.21. The van der Waals surface area contributed by atoms with Gasteiger partial charge in [-0.15, -0.1) is 0 Å². The lowest BCUT2D eigenvalue weighted by molar-refractivity contribution is -0.168. The van der Waals surface area contributed by atoms with Crippen molar-refractivity contribution in [2.24, 2.45) is 17.8 Å². The van der Waals surface area contributed by atoms with Crippen LogP contribution in [0, 0.1) is 17.8 Å². The predicted molar refractivity (Wildman–Crippen MR) is 58.9 cm³/mol. The Bertz CT molecular complexity index is 400. The van der Waals surface area contributed by atoms with Crippen LogP contribution in [0.1, 0.15) is 26.2 Å². The third kappa shape index (κ3) is 1.50. The van der Waals surface area contributed by atoms with Gasteiger partial charge in [0.1, 0.15) is 12.2 Å². The van der Waals surface area contributed by atoms with Gasteiger partial charge in [-0.05, 0) is 26.2 Å². The molecule has 92 valence electrons. The van der Waals surface area contributed by atoms with Crippen molar-refractivity contribution < 1.29 is 19.1 Å². The molecule has 4 nitrogen and oxygen atoms in total. The number of carbonyl (C=O) groups excluding carboxylic acids is 2. The van der Waals surface area contributed by atoms with Crippen LogP contribution in [0.2, 0.25) is 0 Å². The molecule has 4 heteroatoms. The Hall–Kier alpha value is -1.32. The summed E-state index contributed by atoms with van der Waals surface area (Å²) in [7, 11) is 0. The molecule has 0 radical (unpaired) electrons. The van der Waals surface area contributed by atoms with Crippen molar-refractivity contribution in [2.75, 3.05) is 0 Å². The molecule has 3 aliphatic carbocycles. The van der Waals surface area contributed by atoms with Crippen molar-refractivity contribution in [3.05, 3.63) is 12.2 Å². The normalized spacial score (nSPS) is 42.2.